The fraction of sp³-hybridized carbons (Fsp3) is 0.235. The Morgan fingerprint density at radius 3 is 2.26 bits per heavy atom. The summed E-state index contributed by atoms with van der Waals surface area (Å²) < 4.78 is 0. The maximum Gasteiger partial charge on any atom is 0.251 e. The molecule has 0 aromatic heterocycles. The van der Waals surface area contributed by atoms with Gasteiger partial charge in [0.25, 0.3) is 5.91 Å². The van der Waals surface area contributed by atoms with Gasteiger partial charge in [-0.15, -0.1) is 0 Å². The van der Waals surface area contributed by atoms with Crippen LogP contribution in [0.25, 0.3) is 0 Å². The van der Waals surface area contributed by atoms with Gasteiger partial charge < -0.3 is 5.32 Å². The van der Waals surface area contributed by atoms with Crippen molar-refractivity contribution in [2.45, 2.75) is 26.3 Å². The average Bonchev–Trinajstić information content (AvgIpc) is 2.48. The van der Waals surface area contributed by atoms with Crippen LogP contribution in [-0.2, 0) is 6.42 Å². The smallest absolute Gasteiger partial charge is 0.251 e. The lowest BCUT2D eigenvalue weighted by atomic mass is 10.1. The van der Waals surface area contributed by atoms with Crippen LogP contribution in [0.2, 0.25) is 0 Å². The number of nitrogens with one attached hydrogen (secondary N) is 1. The molecule has 0 spiro atoms. The number of aryl methyl sites for hydroxylation is 1. The Kier molecular flexibility index (Phi) is 4.35. The molecule has 0 radical (unpaired) electrons. The van der Waals surface area contributed by atoms with Gasteiger partial charge in [-0.3, -0.25) is 4.79 Å². The van der Waals surface area contributed by atoms with E-state index in [1.807, 2.05) is 61.5 Å². The van der Waals surface area contributed by atoms with Crippen molar-refractivity contribution in [2.24, 2.45) is 0 Å². The number of amides is 1. The molecule has 1 amide bonds. The summed E-state index contributed by atoms with van der Waals surface area (Å²) in [6.45, 7) is 4.10. The quantitative estimate of drug-likeness (QED) is 0.883. The van der Waals surface area contributed by atoms with Crippen LogP contribution < -0.4 is 5.32 Å². The van der Waals surface area contributed by atoms with E-state index in [0.29, 0.717) is 5.56 Å². The number of carbonyl (C=O) groups excluding carboxylic acids is 1. The standard InChI is InChI=1S/C17H19NO/c1-3-14-9-11-16(12-10-14)17(19)18-13(2)15-7-5-4-6-8-15/h4-13H,3H2,1-2H3,(H,18,19)/t13-/m1/s1. The van der Waals surface area contributed by atoms with E-state index in [1.165, 1.54) is 5.56 Å². The molecule has 2 aromatic rings. The summed E-state index contributed by atoms with van der Waals surface area (Å²) in [6, 6.07) is 17.8. The van der Waals surface area contributed by atoms with Gasteiger partial charge in [0.2, 0.25) is 0 Å². The second-order valence-electron chi connectivity index (χ2n) is 4.66. The highest BCUT2D eigenvalue weighted by atomic mass is 16.1. The van der Waals surface area contributed by atoms with Crippen LogP contribution in [0, 0.1) is 0 Å². The second-order valence-corrected chi connectivity index (χ2v) is 4.66. The van der Waals surface area contributed by atoms with Gasteiger partial charge in [-0.2, -0.15) is 0 Å². The molecular weight excluding hydrogens is 234 g/mol. The van der Waals surface area contributed by atoms with Gasteiger partial charge in [-0.25, -0.2) is 0 Å². The largest absolute Gasteiger partial charge is 0.346 e. The number of hydrogen-bond donors (Lipinski definition) is 1. The van der Waals surface area contributed by atoms with Gasteiger partial charge in [0.1, 0.15) is 0 Å². The molecule has 1 atom stereocenters. The van der Waals surface area contributed by atoms with Crippen LogP contribution in [0.15, 0.2) is 54.6 Å². The highest BCUT2D eigenvalue weighted by Gasteiger charge is 2.10. The molecule has 2 nitrogen and oxygen atoms in total. The molecule has 0 aliphatic carbocycles. The van der Waals surface area contributed by atoms with Crippen LogP contribution in [0.1, 0.15) is 41.4 Å². The van der Waals surface area contributed by atoms with E-state index < -0.39 is 0 Å². The molecule has 98 valence electrons. The number of hydrogen-bond acceptors (Lipinski definition) is 1. The molecule has 1 N–H and O–H groups in total. The van der Waals surface area contributed by atoms with E-state index in [1.54, 1.807) is 0 Å². The molecular formula is C17H19NO. The lowest BCUT2D eigenvalue weighted by molar-refractivity contribution is 0.0940. The normalized spacial score (nSPS) is 11.9. The Hall–Kier alpha value is -2.09. The minimum atomic E-state index is -0.0287. The summed E-state index contributed by atoms with van der Waals surface area (Å²) in [5.74, 6) is -0.0287. The zero-order valence-electron chi connectivity index (χ0n) is 11.4. The summed E-state index contributed by atoms with van der Waals surface area (Å²) in [4.78, 5) is 12.1. The fourth-order valence-electron chi connectivity index (χ4n) is 2.00. The maximum absolute atomic E-state index is 12.1. The Morgan fingerprint density at radius 1 is 1.05 bits per heavy atom. The van der Waals surface area contributed by atoms with E-state index in [4.69, 9.17) is 0 Å². The van der Waals surface area contributed by atoms with E-state index in [-0.39, 0.29) is 11.9 Å². The summed E-state index contributed by atoms with van der Waals surface area (Å²) in [5.41, 5.74) is 3.06. The first-order chi connectivity index (χ1) is 9.20. The van der Waals surface area contributed by atoms with Crippen LogP contribution in [-0.4, -0.2) is 5.91 Å². The van der Waals surface area contributed by atoms with E-state index in [0.717, 1.165) is 12.0 Å². The van der Waals surface area contributed by atoms with Crippen LogP contribution in [0.3, 0.4) is 0 Å². The van der Waals surface area contributed by atoms with Crippen LogP contribution in [0.5, 0.6) is 0 Å². The van der Waals surface area contributed by atoms with E-state index in [2.05, 4.69) is 12.2 Å². The minimum Gasteiger partial charge on any atom is -0.346 e. The monoisotopic (exact) mass is 253 g/mol. The number of rotatable bonds is 4. The Morgan fingerprint density at radius 2 is 1.68 bits per heavy atom. The van der Waals surface area contributed by atoms with E-state index in [9.17, 15) is 4.79 Å². The summed E-state index contributed by atoms with van der Waals surface area (Å²) in [7, 11) is 0. The number of carbonyl (C=O) groups is 1. The van der Waals surface area contributed by atoms with Gasteiger partial charge in [-0.1, -0.05) is 49.4 Å². The summed E-state index contributed by atoms with van der Waals surface area (Å²) >= 11 is 0. The van der Waals surface area contributed by atoms with Crippen molar-refractivity contribution in [1.29, 1.82) is 0 Å². The fourth-order valence-corrected chi connectivity index (χ4v) is 2.00. The molecule has 0 unspecified atom stereocenters. The molecule has 0 aliphatic heterocycles. The molecule has 0 fully saturated rings. The highest BCUT2D eigenvalue weighted by molar-refractivity contribution is 5.94. The Bertz CT molecular complexity index is 531. The zero-order valence-corrected chi connectivity index (χ0v) is 11.4. The molecule has 0 saturated carbocycles. The van der Waals surface area contributed by atoms with Crippen LogP contribution in [0.4, 0.5) is 0 Å². The lowest BCUT2D eigenvalue weighted by Crippen LogP contribution is -2.26. The zero-order chi connectivity index (χ0) is 13.7. The van der Waals surface area contributed by atoms with Crippen molar-refractivity contribution >= 4 is 5.91 Å². The first-order valence-corrected chi connectivity index (χ1v) is 6.65. The lowest BCUT2D eigenvalue weighted by Gasteiger charge is -2.14. The third-order valence-electron chi connectivity index (χ3n) is 3.27. The first kappa shape index (κ1) is 13.3. The van der Waals surface area contributed by atoms with Gasteiger partial charge in [0, 0.05) is 5.56 Å². The second kappa shape index (κ2) is 6.19. The van der Waals surface area contributed by atoms with Gasteiger partial charge in [0.15, 0.2) is 0 Å². The topological polar surface area (TPSA) is 29.1 Å². The van der Waals surface area contributed by atoms with Crippen molar-refractivity contribution < 1.29 is 4.79 Å². The summed E-state index contributed by atoms with van der Waals surface area (Å²) in [5, 5.41) is 3.01. The molecule has 2 aromatic carbocycles. The number of benzene rings is 2. The molecule has 19 heavy (non-hydrogen) atoms. The van der Waals surface area contributed by atoms with E-state index >= 15 is 0 Å². The average molecular weight is 253 g/mol. The minimum absolute atomic E-state index is 0.0135. The SMILES string of the molecule is CCc1ccc(C(=O)N[C@H](C)c2ccccc2)cc1. The van der Waals surface area contributed by atoms with Crippen molar-refractivity contribution in [3.63, 3.8) is 0 Å². The van der Waals surface area contributed by atoms with Gasteiger partial charge in [-0.05, 0) is 36.6 Å². The van der Waals surface area contributed by atoms with Gasteiger partial charge >= 0.3 is 0 Å². The molecule has 2 rings (SSSR count). The van der Waals surface area contributed by atoms with Crippen molar-refractivity contribution in [3.8, 4) is 0 Å². The molecule has 2 heteroatoms. The Balaban J connectivity index is 2.04. The maximum atomic E-state index is 12.1. The van der Waals surface area contributed by atoms with Crippen LogP contribution >= 0.6 is 0 Å². The molecule has 0 saturated heterocycles. The third kappa shape index (κ3) is 3.44. The molecule has 0 bridgehead atoms. The molecule has 0 heterocycles. The third-order valence-corrected chi connectivity index (χ3v) is 3.27. The van der Waals surface area contributed by atoms with Crippen molar-refractivity contribution in [3.05, 3.63) is 71.3 Å². The van der Waals surface area contributed by atoms with Gasteiger partial charge in [0.05, 0.1) is 6.04 Å². The van der Waals surface area contributed by atoms with Crippen molar-refractivity contribution in [1.82, 2.24) is 5.32 Å². The predicted octanol–water partition coefficient (Wildman–Crippen LogP) is 3.74. The Labute approximate surface area is 114 Å². The summed E-state index contributed by atoms with van der Waals surface area (Å²) in [6.07, 6.45) is 0.988. The van der Waals surface area contributed by atoms with Crippen molar-refractivity contribution in [2.75, 3.05) is 0 Å². The predicted molar refractivity (Wildman–Crippen MR) is 78.1 cm³/mol. The molecule has 0 aliphatic rings. The first-order valence-electron chi connectivity index (χ1n) is 6.65. The highest BCUT2D eigenvalue weighted by Crippen LogP contribution is 2.12.